The van der Waals surface area contributed by atoms with Gasteiger partial charge in [0.05, 0.1) is 6.10 Å². The average Bonchev–Trinajstić information content (AvgIpc) is 2.69. The van der Waals surface area contributed by atoms with Crippen molar-refractivity contribution in [3.8, 4) is 0 Å². The molecule has 30 heavy (non-hydrogen) atoms. The third-order valence-corrected chi connectivity index (χ3v) is 5.53. The van der Waals surface area contributed by atoms with Gasteiger partial charge in [-0.25, -0.2) is 14.5 Å². The lowest BCUT2D eigenvalue weighted by atomic mass is 9.77. The zero-order valence-corrected chi connectivity index (χ0v) is 17.8. The highest BCUT2D eigenvalue weighted by molar-refractivity contribution is 6.00. The molecule has 1 N–H and O–H groups in total. The molecule has 0 aromatic heterocycles. The number of hydrogen-bond donors (Lipinski definition) is 1. The van der Waals surface area contributed by atoms with Crippen LogP contribution in [-0.4, -0.2) is 63.3 Å². The molecule has 1 saturated heterocycles. The fourth-order valence-electron chi connectivity index (χ4n) is 4.00. The fraction of sp³-hybridized carbons (Fsp3) is 0.591. The Morgan fingerprint density at radius 2 is 1.73 bits per heavy atom. The van der Waals surface area contributed by atoms with Crippen LogP contribution in [0.4, 0.5) is 9.59 Å². The van der Waals surface area contributed by atoms with E-state index in [1.165, 1.54) is 4.90 Å². The van der Waals surface area contributed by atoms with Crippen LogP contribution in [0.15, 0.2) is 30.3 Å². The molecule has 8 heteroatoms. The summed E-state index contributed by atoms with van der Waals surface area (Å²) in [6.45, 7) is 5.50. The second-order valence-corrected chi connectivity index (χ2v) is 8.89. The molecule has 2 fully saturated rings. The molecule has 0 unspecified atom stereocenters. The summed E-state index contributed by atoms with van der Waals surface area (Å²) in [7, 11) is 0. The van der Waals surface area contributed by atoms with Gasteiger partial charge >= 0.3 is 12.2 Å². The van der Waals surface area contributed by atoms with Crippen LogP contribution >= 0.6 is 0 Å². The number of nitrogens with zero attached hydrogens (tertiary/aromatic N) is 2. The lowest BCUT2D eigenvalue weighted by Crippen LogP contribution is -2.69. The predicted octanol–water partition coefficient (Wildman–Crippen LogP) is 3.08. The average molecular weight is 418 g/mol. The first-order valence-corrected chi connectivity index (χ1v) is 10.3. The van der Waals surface area contributed by atoms with Gasteiger partial charge in [-0.3, -0.25) is 9.69 Å². The Balaban J connectivity index is 1.79. The van der Waals surface area contributed by atoms with Crippen LogP contribution in [0.1, 0.15) is 52.0 Å². The SMILES string of the molecule is CC(C)(C)OC(=O)N1CCN(C(=O)OCc2ccccc2)[C@]2(CC[C@H](O)CC2)C1=O. The maximum atomic E-state index is 13.4. The minimum atomic E-state index is -1.21. The lowest BCUT2D eigenvalue weighted by Gasteiger charge is -2.50. The maximum Gasteiger partial charge on any atom is 0.417 e. The first-order chi connectivity index (χ1) is 14.1. The van der Waals surface area contributed by atoms with E-state index in [1.54, 1.807) is 20.8 Å². The standard InChI is InChI=1S/C22H30N2O6/c1-21(2,3)30-19(27)23-13-14-24(20(28)29-15-16-7-5-4-6-8-16)22(18(23)26)11-9-17(25)10-12-22/h4-8,17,25H,9-15H2,1-3H3/t17-,22-. The van der Waals surface area contributed by atoms with E-state index in [4.69, 9.17) is 9.47 Å². The van der Waals surface area contributed by atoms with Gasteiger partial charge in [-0.2, -0.15) is 0 Å². The molecule has 0 bridgehead atoms. The van der Waals surface area contributed by atoms with Crippen LogP contribution in [0.2, 0.25) is 0 Å². The summed E-state index contributed by atoms with van der Waals surface area (Å²) in [6.07, 6.45) is -0.545. The number of hydrogen-bond acceptors (Lipinski definition) is 6. The van der Waals surface area contributed by atoms with Gasteiger partial charge < -0.3 is 14.6 Å². The molecule has 3 amide bonds. The van der Waals surface area contributed by atoms with Gasteiger partial charge in [-0.15, -0.1) is 0 Å². The van der Waals surface area contributed by atoms with Gasteiger partial charge in [-0.1, -0.05) is 30.3 Å². The highest BCUT2D eigenvalue weighted by Gasteiger charge is 2.55. The number of imide groups is 1. The number of piperazine rings is 1. The van der Waals surface area contributed by atoms with Crippen LogP contribution in [0.5, 0.6) is 0 Å². The summed E-state index contributed by atoms with van der Waals surface area (Å²) in [5, 5.41) is 9.96. The van der Waals surface area contributed by atoms with Crippen LogP contribution in [-0.2, 0) is 20.9 Å². The van der Waals surface area contributed by atoms with E-state index in [9.17, 15) is 19.5 Å². The Labute approximate surface area is 176 Å². The van der Waals surface area contributed by atoms with Gasteiger partial charge in [0.15, 0.2) is 0 Å². The molecule has 1 aliphatic heterocycles. The normalized spacial score (nSPS) is 24.7. The molecule has 1 heterocycles. The monoisotopic (exact) mass is 418 g/mol. The molecule has 3 rings (SSSR count). The van der Waals surface area contributed by atoms with Crippen LogP contribution in [0.3, 0.4) is 0 Å². The second-order valence-electron chi connectivity index (χ2n) is 8.89. The number of carbonyl (C=O) groups excluding carboxylic acids is 3. The van der Waals surface area contributed by atoms with E-state index in [-0.39, 0.29) is 32.5 Å². The van der Waals surface area contributed by atoms with Crippen molar-refractivity contribution < 1.29 is 29.0 Å². The van der Waals surface area contributed by atoms with Crippen molar-refractivity contribution in [1.82, 2.24) is 9.80 Å². The molecule has 1 aromatic carbocycles. The van der Waals surface area contributed by atoms with E-state index in [2.05, 4.69) is 0 Å². The number of aliphatic hydroxyl groups is 1. The Hall–Kier alpha value is -2.61. The van der Waals surface area contributed by atoms with Crippen molar-refractivity contribution >= 4 is 18.1 Å². The number of ether oxygens (including phenoxy) is 2. The molecule has 164 valence electrons. The Kier molecular flexibility index (Phi) is 6.36. The Morgan fingerprint density at radius 3 is 2.33 bits per heavy atom. The zero-order valence-electron chi connectivity index (χ0n) is 17.8. The van der Waals surface area contributed by atoms with Gasteiger partial charge in [0.25, 0.3) is 5.91 Å². The van der Waals surface area contributed by atoms with Crippen molar-refractivity contribution in [2.75, 3.05) is 13.1 Å². The summed E-state index contributed by atoms with van der Waals surface area (Å²) >= 11 is 0. The summed E-state index contributed by atoms with van der Waals surface area (Å²) in [4.78, 5) is 41.5. The molecule has 8 nitrogen and oxygen atoms in total. The van der Waals surface area contributed by atoms with Gasteiger partial charge in [0.2, 0.25) is 0 Å². The molecule has 1 saturated carbocycles. The molecule has 1 aliphatic carbocycles. The summed E-state index contributed by atoms with van der Waals surface area (Å²) in [5.41, 5.74) is -1.10. The van der Waals surface area contributed by atoms with E-state index in [1.807, 2.05) is 30.3 Å². The molecular formula is C22H30N2O6. The molecule has 1 aromatic rings. The lowest BCUT2D eigenvalue weighted by molar-refractivity contribution is -0.152. The number of rotatable bonds is 2. The summed E-state index contributed by atoms with van der Waals surface area (Å²) in [6, 6.07) is 9.30. The van der Waals surface area contributed by atoms with Crippen molar-refractivity contribution in [3.63, 3.8) is 0 Å². The molecule has 0 radical (unpaired) electrons. The summed E-state index contributed by atoms with van der Waals surface area (Å²) < 4.78 is 10.9. The topological polar surface area (TPSA) is 96.4 Å². The number of amides is 3. The highest BCUT2D eigenvalue weighted by Crippen LogP contribution is 2.38. The molecule has 0 atom stereocenters. The second kappa shape index (κ2) is 8.63. The largest absolute Gasteiger partial charge is 0.445 e. The van der Waals surface area contributed by atoms with Crippen LogP contribution in [0.25, 0.3) is 0 Å². The van der Waals surface area contributed by atoms with E-state index in [0.29, 0.717) is 12.8 Å². The first-order valence-electron chi connectivity index (χ1n) is 10.3. The van der Waals surface area contributed by atoms with Crippen LogP contribution in [0, 0.1) is 0 Å². The number of carbonyl (C=O) groups is 3. The fourth-order valence-corrected chi connectivity index (χ4v) is 4.00. The molecular weight excluding hydrogens is 388 g/mol. The van der Waals surface area contributed by atoms with Crippen molar-refractivity contribution in [1.29, 1.82) is 0 Å². The molecule has 2 aliphatic rings. The van der Waals surface area contributed by atoms with Gasteiger partial charge in [-0.05, 0) is 52.0 Å². The van der Waals surface area contributed by atoms with Crippen LogP contribution < -0.4 is 0 Å². The minimum Gasteiger partial charge on any atom is -0.445 e. The Morgan fingerprint density at radius 1 is 1.10 bits per heavy atom. The van der Waals surface area contributed by atoms with Crippen molar-refractivity contribution in [2.24, 2.45) is 0 Å². The van der Waals surface area contributed by atoms with E-state index >= 15 is 0 Å². The Bertz CT molecular complexity index is 781. The van der Waals surface area contributed by atoms with E-state index in [0.717, 1.165) is 10.5 Å². The third-order valence-electron chi connectivity index (χ3n) is 5.53. The highest BCUT2D eigenvalue weighted by atomic mass is 16.6. The van der Waals surface area contributed by atoms with Gasteiger partial charge in [0.1, 0.15) is 17.7 Å². The van der Waals surface area contributed by atoms with E-state index < -0.39 is 35.3 Å². The quantitative estimate of drug-likeness (QED) is 0.793. The summed E-state index contributed by atoms with van der Waals surface area (Å²) in [5.74, 6) is -0.466. The van der Waals surface area contributed by atoms with Gasteiger partial charge in [0, 0.05) is 13.1 Å². The number of aliphatic hydroxyl groups excluding tert-OH is 1. The molecule has 1 spiro atoms. The third kappa shape index (κ3) is 4.75. The number of benzene rings is 1. The first kappa shape index (κ1) is 22.1. The predicted molar refractivity (Wildman–Crippen MR) is 108 cm³/mol. The smallest absolute Gasteiger partial charge is 0.417 e. The minimum absolute atomic E-state index is 0.0402. The zero-order chi connectivity index (χ0) is 21.9. The van der Waals surface area contributed by atoms with Crippen molar-refractivity contribution in [3.05, 3.63) is 35.9 Å². The van der Waals surface area contributed by atoms with Crippen molar-refractivity contribution in [2.45, 2.75) is 70.3 Å². The maximum absolute atomic E-state index is 13.4.